The van der Waals surface area contributed by atoms with Crippen LogP contribution >= 0.6 is 0 Å². The van der Waals surface area contributed by atoms with Gasteiger partial charge in [0, 0.05) is 31.9 Å². The van der Waals surface area contributed by atoms with Crippen molar-refractivity contribution in [3.63, 3.8) is 0 Å². The molecule has 1 heterocycles. The number of rotatable bonds is 6. The van der Waals surface area contributed by atoms with Crippen molar-refractivity contribution in [2.45, 2.75) is 13.0 Å². The zero-order valence-electron chi connectivity index (χ0n) is 11.3. The number of nitrogens with zero attached hydrogens (tertiary/aromatic N) is 2. The van der Waals surface area contributed by atoms with Crippen LogP contribution in [0, 0.1) is 0 Å². The number of hydrogen-bond acceptors (Lipinski definition) is 4. The molecule has 5 heteroatoms. The van der Waals surface area contributed by atoms with Gasteiger partial charge in [0.25, 0.3) is 0 Å². The fourth-order valence-corrected chi connectivity index (χ4v) is 2.02. The summed E-state index contributed by atoms with van der Waals surface area (Å²) >= 11 is 0. The highest BCUT2D eigenvalue weighted by atomic mass is 16.5. The van der Waals surface area contributed by atoms with Crippen molar-refractivity contribution in [3.8, 4) is 11.5 Å². The number of nitrogens with two attached hydrogens (primary N) is 1. The number of aromatic nitrogens is 2. The third kappa shape index (κ3) is 3.06. The quantitative estimate of drug-likeness (QED) is 0.855. The maximum absolute atomic E-state index is 5.58. The molecule has 0 aliphatic heterocycles. The highest BCUT2D eigenvalue weighted by molar-refractivity contribution is 5.43. The van der Waals surface area contributed by atoms with Crippen LogP contribution in [0.5, 0.6) is 11.5 Å². The molecule has 2 aromatic rings. The van der Waals surface area contributed by atoms with Crippen molar-refractivity contribution in [3.05, 3.63) is 42.0 Å². The molecular weight excluding hydrogens is 242 g/mol. The van der Waals surface area contributed by atoms with Crippen LogP contribution in [-0.2, 0) is 13.0 Å². The lowest BCUT2D eigenvalue weighted by molar-refractivity contribution is 0.354. The normalized spacial score (nSPS) is 10.5. The lowest BCUT2D eigenvalue weighted by atomic mass is 10.1. The summed E-state index contributed by atoms with van der Waals surface area (Å²) in [5.74, 6) is 2.46. The van der Waals surface area contributed by atoms with Gasteiger partial charge in [0.15, 0.2) is 11.5 Å². The Balaban J connectivity index is 2.21. The minimum Gasteiger partial charge on any atom is -0.493 e. The Kier molecular flexibility index (Phi) is 4.41. The number of benzene rings is 1. The molecule has 0 unspecified atom stereocenters. The van der Waals surface area contributed by atoms with Crippen molar-refractivity contribution >= 4 is 0 Å². The van der Waals surface area contributed by atoms with E-state index < -0.39 is 0 Å². The maximum Gasteiger partial charge on any atom is 0.161 e. The van der Waals surface area contributed by atoms with Crippen molar-refractivity contribution in [2.75, 3.05) is 20.8 Å². The van der Waals surface area contributed by atoms with Crippen molar-refractivity contribution in [1.82, 2.24) is 9.55 Å². The molecule has 0 amide bonds. The lowest BCUT2D eigenvalue weighted by Crippen LogP contribution is -2.12. The van der Waals surface area contributed by atoms with Crippen molar-refractivity contribution in [1.29, 1.82) is 0 Å². The van der Waals surface area contributed by atoms with E-state index in [0.717, 1.165) is 35.9 Å². The van der Waals surface area contributed by atoms with E-state index >= 15 is 0 Å². The molecule has 5 nitrogen and oxygen atoms in total. The summed E-state index contributed by atoms with van der Waals surface area (Å²) in [5.41, 5.74) is 6.71. The number of methoxy groups -OCH3 is 2. The zero-order valence-corrected chi connectivity index (χ0v) is 11.3. The van der Waals surface area contributed by atoms with Crippen LogP contribution in [0.25, 0.3) is 0 Å². The molecule has 0 atom stereocenters. The molecule has 1 aromatic carbocycles. The second-order valence-electron chi connectivity index (χ2n) is 4.19. The second-order valence-corrected chi connectivity index (χ2v) is 4.19. The Hall–Kier alpha value is -2.01. The third-order valence-electron chi connectivity index (χ3n) is 2.98. The number of imidazole rings is 1. The zero-order chi connectivity index (χ0) is 13.7. The number of hydrogen-bond donors (Lipinski definition) is 1. The van der Waals surface area contributed by atoms with Crippen molar-refractivity contribution in [2.24, 2.45) is 5.73 Å². The summed E-state index contributed by atoms with van der Waals surface area (Å²) < 4.78 is 12.6. The average Bonchev–Trinajstić information content (AvgIpc) is 2.86. The Morgan fingerprint density at radius 2 is 2.00 bits per heavy atom. The van der Waals surface area contributed by atoms with E-state index in [9.17, 15) is 0 Å². The van der Waals surface area contributed by atoms with Gasteiger partial charge in [-0.2, -0.15) is 0 Å². The maximum atomic E-state index is 5.58. The molecule has 2 N–H and O–H groups in total. The Labute approximate surface area is 113 Å². The standard InChI is InChI=1S/C14H19N3O2/c1-18-12-4-3-11(9-13(12)19-2)10-14-16-6-8-17(14)7-5-15/h3-4,6,8-9H,5,7,10,15H2,1-2H3. The first kappa shape index (κ1) is 13.4. The van der Waals surface area contributed by atoms with E-state index in [2.05, 4.69) is 9.55 Å². The molecule has 19 heavy (non-hydrogen) atoms. The van der Waals surface area contributed by atoms with Crippen molar-refractivity contribution < 1.29 is 9.47 Å². The molecule has 0 fully saturated rings. The van der Waals surface area contributed by atoms with Crippen LogP contribution in [-0.4, -0.2) is 30.3 Å². The fourth-order valence-electron chi connectivity index (χ4n) is 2.02. The van der Waals surface area contributed by atoms with Gasteiger partial charge in [0.2, 0.25) is 0 Å². The largest absolute Gasteiger partial charge is 0.493 e. The van der Waals surface area contributed by atoms with Gasteiger partial charge in [0.05, 0.1) is 14.2 Å². The molecule has 0 aliphatic rings. The molecule has 1 aromatic heterocycles. The minimum absolute atomic E-state index is 0.606. The van der Waals surface area contributed by atoms with E-state index in [1.54, 1.807) is 20.4 Å². The van der Waals surface area contributed by atoms with E-state index in [-0.39, 0.29) is 0 Å². The lowest BCUT2D eigenvalue weighted by Gasteiger charge is -2.10. The van der Waals surface area contributed by atoms with Gasteiger partial charge in [0.1, 0.15) is 5.82 Å². The summed E-state index contributed by atoms with van der Waals surface area (Å²) in [6.07, 6.45) is 4.49. The molecule has 102 valence electrons. The molecule has 0 aliphatic carbocycles. The van der Waals surface area contributed by atoms with Gasteiger partial charge in [-0.25, -0.2) is 4.98 Å². The van der Waals surface area contributed by atoms with Gasteiger partial charge < -0.3 is 19.8 Å². The minimum atomic E-state index is 0.606. The molecule has 0 spiro atoms. The first-order valence-electron chi connectivity index (χ1n) is 6.19. The van der Waals surface area contributed by atoms with E-state index in [1.165, 1.54) is 0 Å². The predicted octanol–water partition coefficient (Wildman–Crippen LogP) is 1.45. The molecule has 0 bridgehead atoms. The van der Waals surface area contributed by atoms with Gasteiger partial charge in [-0.15, -0.1) is 0 Å². The van der Waals surface area contributed by atoms with Crippen LogP contribution in [0.1, 0.15) is 11.4 Å². The monoisotopic (exact) mass is 261 g/mol. The van der Waals surface area contributed by atoms with Gasteiger partial charge in [-0.3, -0.25) is 0 Å². The molecule has 2 rings (SSSR count). The van der Waals surface area contributed by atoms with Gasteiger partial charge >= 0.3 is 0 Å². The number of ether oxygens (including phenoxy) is 2. The van der Waals surface area contributed by atoms with Gasteiger partial charge in [-0.1, -0.05) is 6.07 Å². The molecule has 0 saturated carbocycles. The first-order valence-corrected chi connectivity index (χ1v) is 6.19. The van der Waals surface area contributed by atoms with Crippen LogP contribution in [0.4, 0.5) is 0 Å². The second kappa shape index (κ2) is 6.24. The third-order valence-corrected chi connectivity index (χ3v) is 2.98. The SMILES string of the molecule is COc1ccc(Cc2nccn2CCN)cc1OC. The summed E-state index contributed by atoms with van der Waals surface area (Å²) in [6.45, 7) is 1.39. The highest BCUT2D eigenvalue weighted by Gasteiger charge is 2.08. The summed E-state index contributed by atoms with van der Waals surface area (Å²) in [4.78, 5) is 4.36. The fraction of sp³-hybridized carbons (Fsp3) is 0.357. The summed E-state index contributed by atoms with van der Waals surface area (Å²) in [5, 5.41) is 0. The molecular formula is C14H19N3O2. The smallest absolute Gasteiger partial charge is 0.161 e. The first-order chi connectivity index (χ1) is 9.28. The Bertz CT molecular complexity index is 537. The average molecular weight is 261 g/mol. The van der Waals surface area contributed by atoms with Gasteiger partial charge in [-0.05, 0) is 17.7 Å². The van der Waals surface area contributed by atoms with Crippen LogP contribution in [0.2, 0.25) is 0 Å². The topological polar surface area (TPSA) is 62.3 Å². The van der Waals surface area contributed by atoms with E-state index in [1.807, 2.05) is 24.4 Å². The Morgan fingerprint density at radius 1 is 1.21 bits per heavy atom. The predicted molar refractivity (Wildman–Crippen MR) is 73.6 cm³/mol. The summed E-state index contributed by atoms with van der Waals surface area (Å²) in [7, 11) is 3.27. The van der Waals surface area contributed by atoms with E-state index in [0.29, 0.717) is 6.54 Å². The summed E-state index contributed by atoms with van der Waals surface area (Å²) in [6, 6.07) is 5.90. The molecule has 0 saturated heterocycles. The van der Waals surface area contributed by atoms with E-state index in [4.69, 9.17) is 15.2 Å². The Morgan fingerprint density at radius 3 is 2.68 bits per heavy atom. The van der Waals surface area contributed by atoms with Crippen LogP contribution in [0.3, 0.4) is 0 Å². The van der Waals surface area contributed by atoms with Crippen LogP contribution in [0.15, 0.2) is 30.6 Å². The van der Waals surface area contributed by atoms with Crippen LogP contribution < -0.4 is 15.2 Å². The molecule has 0 radical (unpaired) electrons. The highest BCUT2D eigenvalue weighted by Crippen LogP contribution is 2.28.